The van der Waals surface area contributed by atoms with Crippen molar-refractivity contribution in [3.63, 3.8) is 0 Å². The van der Waals surface area contributed by atoms with Gasteiger partial charge >= 0.3 is 0 Å². The lowest BCUT2D eigenvalue weighted by Gasteiger charge is -2.22. The molecule has 2 aliphatic rings. The molecule has 2 bridgehead atoms. The molecule has 92 valence electrons. The highest BCUT2D eigenvalue weighted by Crippen LogP contribution is 2.44. The van der Waals surface area contributed by atoms with Crippen LogP contribution in [0.4, 0.5) is 5.69 Å². The van der Waals surface area contributed by atoms with E-state index < -0.39 is 0 Å². The first kappa shape index (κ1) is 10.7. The summed E-state index contributed by atoms with van der Waals surface area (Å²) >= 11 is 0. The number of carbonyl (C=O) groups excluding carboxylic acids is 1. The second kappa shape index (κ2) is 3.79. The van der Waals surface area contributed by atoms with Crippen LogP contribution in [-0.4, -0.2) is 16.5 Å². The number of amides is 1. The number of hydrogen-bond acceptors (Lipinski definition) is 2. The van der Waals surface area contributed by atoms with Gasteiger partial charge in [-0.2, -0.15) is 0 Å². The first-order valence-corrected chi connectivity index (χ1v) is 6.36. The molecule has 1 aromatic heterocycles. The number of hydrogen-bond donors (Lipinski definition) is 2. The first-order chi connectivity index (χ1) is 8.13. The van der Waals surface area contributed by atoms with E-state index in [1.807, 2.05) is 7.05 Å². The van der Waals surface area contributed by atoms with Gasteiger partial charge in [-0.15, -0.1) is 0 Å². The van der Waals surface area contributed by atoms with Gasteiger partial charge in [0.2, 0.25) is 0 Å². The number of aromatic nitrogens is 1. The molecule has 1 heterocycles. The van der Waals surface area contributed by atoms with E-state index in [0.29, 0.717) is 23.3 Å². The molecule has 0 aliphatic heterocycles. The Morgan fingerprint density at radius 2 is 2.29 bits per heavy atom. The van der Waals surface area contributed by atoms with E-state index in [-0.39, 0.29) is 5.91 Å². The zero-order valence-electron chi connectivity index (χ0n) is 10.1. The summed E-state index contributed by atoms with van der Waals surface area (Å²) in [7, 11) is 1.85. The second-order valence-electron chi connectivity index (χ2n) is 5.52. The Bertz CT molecular complexity index is 452. The van der Waals surface area contributed by atoms with Crippen LogP contribution in [0.1, 0.15) is 36.2 Å². The van der Waals surface area contributed by atoms with E-state index in [0.717, 1.165) is 12.3 Å². The summed E-state index contributed by atoms with van der Waals surface area (Å²) in [6.45, 7) is 0. The van der Waals surface area contributed by atoms with Crippen LogP contribution in [-0.2, 0) is 7.05 Å². The lowest BCUT2D eigenvalue weighted by Crippen LogP contribution is -2.39. The number of nitrogen functional groups attached to an aromatic ring is 1. The third kappa shape index (κ3) is 1.81. The predicted molar refractivity (Wildman–Crippen MR) is 66.5 cm³/mol. The number of fused-ring (bicyclic) bond motifs is 2. The maximum absolute atomic E-state index is 12.1. The second-order valence-corrected chi connectivity index (χ2v) is 5.52. The number of nitrogens with one attached hydrogen (secondary N) is 1. The quantitative estimate of drug-likeness (QED) is 0.813. The van der Waals surface area contributed by atoms with Gasteiger partial charge in [0.1, 0.15) is 5.69 Å². The molecule has 3 atom stereocenters. The van der Waals surface area contributed by atoms with Gasteiger partial charge in [0, 0.05) is 19.3 Å². The van der Waals surface area contributed by atoms with Crippen molar-refractivity contribution in [1.29, 1.82) is 0 Å². The van der Waals surface area contributed by atoms with Crippen LogP contribution in [0, 0.1) is 11.8 Å². The molecule has 0 saturated heterocycles. The van der Waals surface area contributed by atoms with Crippen LogP contribution in [0.5, 0.6) is 0 Å². The molecule has 3 N–H and O–H groups in total. The van der Waals surface area contributed by atoms with Crippen molar-refractivity contribution >= 4 is 11.6 Å². The highest BCUT2D eigenvalue weighted by Gasteiger charge is 2.40. The van der Waals surface area contributed by atoms with Gasteiger partial charge in [-0.1, -0.05) is 6.42 Å². The van der Waals surface area contributed by atoms with Crippen LogP contribution in [0.3, 0.4) is 0 Å². The minimum Gasteiger partial charge on any atom is -0.397 e. The summed E-state index contributed by atoms with van der Waals surface area (Å²) in [4.78, 5) is 12.1. The number of nitrogens with two attached hydrogens (primary N) is 1. The Balaban J connectivity index is 1.69. The fourth-order valence-corrected chi connectivity index (χ4v) is 3.48. The zero-order chi connectivity index (χ0) is 12.0. The third-order valence-electron chi connectivity index (χ3n) is 4.31. The lowest BCUT2D eigenvalue weighted by atomic mass is 9.95. The number of rotatable bonds is 2. The summed E-state index contributed by atoms with van der Waals surface area (Å²) in [5, 5.41) is 3.17. The topological polar surface area (TPSA) is 60.0 Å². The largest absolute Gasteiger partial charge is 0.397 e. The summed E-state index contributed by atoms with van der Waals surface area (Å²) in [5.41, 5.74) is 6.99. The van der Waals surface area contributed by atoms with Crippen molar-refractivity contribution in [3.05, 3.63) is 18.0 Å². The van der Waals surface area contributed by atoms with Crippen molar-refractivity contribution < 1.29 is 4.79 Å². The van der Waals surface area contributed by atoms with E-state index in [1.54, 1.807) is 16.8 Å². The molecule has 2 aliphatic carbocycles. The van der Waals surface area contributed by atoms with Crippen molar-refractivity contribution in [2.24, 2.45) is 18.9 Å². The molecule has 0 radical (unpaired) electrons. The smallest absolute Gasteiger partial charge is 0.268 e. The maximum atomic E-state index is 12.1. The molecule has 1 aromatic rings. The molecular weight excluding hydrogens is 214 g/mol. The monoisotopic (exact) mass is 233 g/mol. The summed E-state index contributed by atoms with van der Waals surface area (Å²) in [6.07, 6.45) is 6.88. The molecule has 17 heavy (non-hydrogen) atoms. The van der Waals surface area contributed by atoms with Gasteiger partial charge in [0.15, 0.2) is 0 Å². The molecule has 0 spiro atoms. The average molecular weight is 233 g/mol. The number of nitrogens with zero attached hydrogens (tertiary/aromatic N) is 1. The van der Waals surface area contributed by atoms with Gasteiger partial charge in [0.25, 0.3) is 5.91 Å². The summed E-state index contributed by atoms with van der Waals surface area (Å²) in [5.74, 6) is 1.58. The van der Waals surface area contributed by atoms with Crippen LogP contribution < -0.4 is 11.1 Å². The maximum Gasteiger partial charge on any atom is 0.268 e. The Morgan fingerprint density at radius 1 is 1.47 bits per heavy atom. The normalized spacial score (nSPS) is 30.8. The zero-order valence-corrected chi connectivity index (χ0v) is 10.1. The number of anilines is 1. The minimum absolute atomic E-state index is 0.0155. The molecule has 0 aromatic carbocycles. The Morgan fingerprint density at radius 3 is 2.82 bits per heavy atom. The average Bonchev–Trinajstić information content (AvgIpc) is 2.93. The summed E-state index contributed by atoms with van der Waals surface area (Å²) < 4.78 is 1.79. The fourth-order valence-electron chi connectivity index (χ4n) is 3.48. The Labute approximate surface area is 101 Å². The van der Waals surface area contributed by atoms with Crippen LogP contribution in [0.15, 0.2) is 12.3 Å². The van der Waals surface area contributed by atoms with Crippen LogP contribution in [0.2, 0.25) is 0 Å². The van der Waals surface area contributed by atoms with Gasteiger partial charge in [0.05, 0.1) is 5.69 Å². The van der Waals surface area contributed by atoms with Gasteiger partial charge < -0.3 is 15.6 Å². The van der Waals surface area contributed by atoms with Crippen molar-refractivity contribution in [2.75, 3.05) is 5.73 Å². The SMILES string of the molecule is Cn1cc(N)cc1C(=O)NC1CC2CCC1C2. The van der Waals surface area contributed by atoms with Gasteiger partial charge in [-0.3, -0.25) is 4.79 Å². The van der Waals surface area contributed by atoms with Crippen molar-refractivity contribution in [2.45, 2.75) is 31.7 Å². The Kier molecular flexibility index (Phi) is 2.38. The van der Waals surface area contributed by atoms with E-state index in [9.17, 15) is 4.79 Å². The third-order valence-corrected chi connectivity index (χ3v) is 4.31. The first-order valence-electron chi connectivity index (χ1n) is 6.36. The molecule has 1 amide bonds. The number of aryl methyl sites for hydroxylation is 1. The van der Waals surface area contributed by atoms with E-state index in [2.05, 4.69) is 5.32 Å². The van der Waals surface area contributed by atoms with E-state index in [4.69, 9.17) is 5.73 Å². The van der Waals surface area contributed by atoms with E-state index in [1.165, 1.54) is 19.3 Å². The predicted octanol–water partition coefficient (Wildman–Crippen LogP) is 1.53. The molecule has 4 nitrogen and oxygen atoms in total. The standard InChI is InChI=1S/C13H19N3O/c1-16-7-10(14)6-12(16)13(17)15-11-5-8-2-3-9(11)4-8/h6-9,11H,2-5,14H2,1H3,(H,15,17). The molecule has 4 heteroatoms. The highest BCUT2D eigenvalue weighted by atomic mass is 16.2. The fraction of sp³-hybridized carbons (Fsp3) is 0.615. The molecule has 3 rings (SSSR count). The van der Waals surface area contributed by atoms with Crippen LogP contribution in [0.25, 0.3) is 0 Å². The van der Waals surface area contributed by atoms with Crippen LogP contribution >= 0.6 is 0 Å². The lowest BCUT2D eigenvalue weighted by molar-refractivity contribution is 0.0914. The van der Waals surface area contributed by atoms with Gasteiger partial charge in [-0.25, -0.2) is 0 Å². The molecule has 3 unspecified atom stereocenters. The van der Waals surface area contributed by atoms with E-state index >= 15 is 0 Å². The molecular formula is C13H19N3O. The van der Waals surface area contributed by atoms with Gasteiger partial charge in [-0.05, 0) is 37.2 Å². The Hall–Kier alpha value is -1.45. The highest BCUT2D eigenvalue weighted by molar-refractivity contribution is 5.94. The van der Waals surface area contributed by atoms with Crippen molar-refractivity contribution in [3.8, 4) is 0 Å². The number of carbonyl (C=O) groups is 1. The summed E-state index contributed by atoms with van der Waals surface area (Å²) in [6, 6.07) is 2.13. The molecule has 2 saturated carbocycles. The molecule has 2 fully saturated rings. The minimum atomic E-state index is 0.0155. The van der Waals surface area contributed by atoms with Crippen molar-refractivity contribution in [1.82, 2.24) is 9.88 Å².